The number of allylic oxidation sites excluding steroid dienone is 2. The number of terminal acetylenes is 1. The number of hydrogen-bond donors (Lipinski definition) is 1. The molecule has 1 aromatic rings. The number of esters is 2. The van der Waals surface area contributed by atoms with Gasteiger partial charge in [-0.05, 0) is 38.5 Å². The summed E-state index contributed by atoms with van der Waals surface area (Å²) in [7, 11) is 0. The third kappa shape index (κ3) is 4.09. The Morgan fingerprint density at radius 2 is 1.81 bits per heavy atom. The van der Waals surface area contributed by atoms with E-state index < -0.39 is 17.9 Å². The van der Waals surface area contributed by atoms with Crippen LogP contribution in [0.3, 0.4) is 0 Å². The smallest absolute Gasteiger partial charge is 0.337 e. The van der Waals surface area contributed by atoms with E-state index in [2.05, 4.69) is 11.2 Å². The molecule has 2 rings (SSSR count). The fourth-order valence-electron chi connectivity index (χ4n) is 3.00. The SMILES string of the molecule is C#Cc1cccc(C2C(C(=O)OCC)=C(C)NC(C=O)=C2C(=O)OCC)c1. The van der Waals surface area contributed by atoms with Crippen molar-refractivity contribution in [2.45, 2.75) is 26.7 Å². The van der Waals surface area contributed by atoms with Gasteiger partial charge in [0.05, 0.1) is 36.0 Å². The Labute approximate surface area is 158 Å². The molecule has 6 nitrogen and oxygen atoms in total. The zero-order valence-corrected chi connectivity index (χ0v) is 15.5. The minimum absolute atomic E-state index is 0.0506. The normalized spacial score (nSPS) is 16.3. The molecule has 27 heavy (non-hydrogen) atoms. The summed E-state index contributed by atoms with van der Waals surface area (Å²) in [6.45, 7) is 5.30. The van der Waals surface area contributed by atoms with Gasteiger partial charge in [0, 0.05) is 11.3 Å². The third-order valence-electron chi connectivity index (χ3n) is 4.09. The molecule has 1 heterocycles. The van der Waals surface area contributed by atoms with Gasteiger partial charge in [-0.3, -0.25) is 4.79 Å². The topological polar surface area (TPSA) is 81.7 Å². The van der Waals surface area contributed by atoms with Crippen LogP contribution in [0.25, 0.3) is 0 Å². The van der Waals surface area contributed by atoms with Crippen molar-refractivity contribution in [2.75, 3.05) is 13.2 Å². The molecule has 1 unspecified atom stereocenters. The number of carbonyl (C=O) groups excluding carboxylic acids is 3. The highest BCUT2D eigenvalue weighted by molar-refractivity contribution is 6.03. The van der Waals surface area contributed by atoms with Crippen molar-refractivity contribution in [3.63, 3.8) is 0 Å². The average molecular weight is 367 g/mol. The Bertz CT molecular complexity index is 873. The lowest BCUT2D eigenvalue weighted by atomic mass is 9.80. The lowest BCUT2D eigenvalue weighted by molar-refractivity contribution is -0.139. The number of hydrogen-bond acceptors (Lipinski definition) is 6. The summed E-state index contributed by atoms with van der Waals surface area (Å²) >= 11 is 0. The molecule has 0 bridgehead atoms. The van der Waals surface area contributed by atoms with Crippen molar-refractivity contribution in [3.05, 3.63) is 57.9 Å². The van der Waals surface area contributed by atoms with E-state index in [1.54, 1.807) is 45.0 Å². The minimum Gasteiger partial charge on any atom is -0.463 e. The van der Waals surface area contributed by atoms with Crippen molar-refractivity contribution in [3.8, 4) is 12.3 Å². The van der Waals surface area contributed by atoms with E-state index in [0.29, 0.717) is 23.1 Å². The first-order chi connectivity index (χ1) is 13.0. The molecular weight excluding hydrogens is 346 g/mol. The average Bonchev–Trinajstić information content (AvgIpc) is 2.67. The number of dihydropyridines is 1. The molecule has 0 amide bonds. The van der Waals surface area contributed by atoms with Crippen LogP contribution in [0.5, 0.6) is 0 Å². The van der Waals surface area contributed by atoms with Crippen molar-refractivity contribution in [1.82, 2.24) is 5.32 Å². The number of aldehydes is 1. The van der Waals surface area contributed by atoms with Gasteiger partial charge in [-0.25, -0.2) is 9.59 Å². The van der Waals surface area contributed by atoms with Gasteiger partial charge >= 0.3 is 11.9 Å². The van der Waals surface area contributed by atoms with Gasteiger partial charge in [-0.2, -0.15) is 0 Å². The Kier molecular flexibility index (Phi) is 6.56. The summed E-state index contributed by atoms with van der Waals surface area (Å²) in [6, 6.07) is 6.91. The number of carbonyl (C=O) groups is 3. The monoisotopic (exact) mass is 367 g/mol. The maximum absolute atomic E-state index is 12.6. The van der Waals surface area contributed by atoms with Crippen LogP contribution in [0, 0.1) is 12.3 Å². The maximum atomic E-state index is 12.6. The van der Waals surface area contributed by atoms with Crippen LogP contribution in [0.2, 0.25) is 0 Å². The Hall–Kier alpha value is -3.33. The number of ether oxygens (including phenoxy) is 2. The molecule has 0 radical (unpaired) electrons. The van der Waals surface area contributed by atoms with Crippen molar-refractivity contribution in [2.24, 2.45) is 0 Å². The molecule has 1 aromatic carbocycles. The van der Waals surface area contributed by atoms with E-state index in [9.17, 15) is 14.4 Å². The van der Waals surface area contributed by atoms with Gasteiger partial charge in [0.1, 0.15) is 0 Å². The summed E-state index contributed by atoms with van der Waals surface area (Å²) in [5.41, 5.74) is 1.95. The molecule has 1 aliphatic heterocycles. The second-order valence-electron chi connectivity index (χ2n) is 5.75. The molecule has 0 fully saturated rings. The van der Waals surface area contributed by atoms with E-state index in [0.717, 1.165) is 0 Å². The quantitative estimate of drug-likeness (QED) is 0.472. The van der Waals surface area contributed by atoms with Gasteiger partial charge in [0.15, 0.2) is 6.29 Å². The van der Waals surface area contributed by atoms with Gasteiger partial charge < -0.3 is 14.8 Å². The summed E-state index contributed by atoms with van der Waals surface area (Å²) in [5.74, 6) is 0.435. The van der Waals surface area contributed by atoms with Crippen molar-refractivity contribution in [1.29, 1.82) is 0 Å². The predicted octanol–water partition coefficient (Wildman–Crippen LogP) is 2.21. The van der Waals surface area contributed by atoms with Crippen LogP contribution in [-0.2, 0) is 23.9 Å². The van der Waals surface area contributed by atoms with Crippen LogP contribution in [0.1, 0.15) is 37.8 Å². The standard InChI is InChI=1S/C21H21NO5/c1-5-14-9-8-10-15(11-14)18-17(20(24)26-6-2)13(4)22-16(12-23)19(18)21(25)27-7-3/h1,8-12,18,22H,6-7H2,2-4H3. The molecule has 6 heteroatoms. The van der Waals surface area contributed by atoms with E-state index in [-0.39, 0.29) is 30.1 Å². The highest BCUT2D eigenvalue weighted by atomic mass is 16.5. The lowest BCUT2D eigenvalue weighted by Gasteiger charge is -2.29. The van der Waals surface area contributed by atoms with E-state index in [1.165, 1.54) is 0 Å². The van der Waals surface area contributed by atoms with Crippen molar-refractivity contribution < 1.29 is 23.9 Å². The second-order valence-corrected chi connectivity index (χ2v) is 5.75. The molecule has 1 N–H and O–H groups in total. The van der Waals surface area contributed by atoms with Gasteiger partial charge in [0.25, 0.3) is 0 Å². The summed E-state index contributed by atoms with van der Waals surface area (Å²) in [4.78, 5) is 36.9. The van der Waals surface area contributed by atoms with Crippen molar-refractivity contribution >= 4 is 18.2 Å². The molecule has 1 aliphatic rings. The van der Waals surface area contributed by atoms with Crippen LogP contribution in [-0.4, -0.2) is 31.4 Å². The largest absolute Gasteiger partial charge is 0.463 e. The minimum atomic E-state index is -0.835. The molecule has 0 aliphatic carbocycles. The maximum Gasteiger partial charge on any atom is 0.337 e. The van der Waals surface area contributed by atoms with E-state index in [1.807, 2.05) is 0 Å². The molecular formula is C21H21NO5. The first-order valence-corrected chi connectivity index (χ1v) is 8.56. The van der Waals surface area contributed by atoms with Crippen LogP contribution in [0.15, 0.2) is 46.8 Å². The molecule has 140 valence electrons. The Morgan fingerprint density at radius 1 is 1.19 bits per heavy atom. The Morgan fingerprint density at radius 3 is 2.37 bits per heavy atom. The van der Waals surface area contributed by atoms with Gasteiger partial charge in [-0.15, -0.1) is 6.42 Å². The third-order valence-corrected chi connectivity index (χ3v) is 4.09. The number of rotatable bonds is 6. The lowest BCUT2D eigenvalue weighted by Crippen LogP contribution is -2.34. The zero-order chi connectivity index (χ0) is 20.0. The number of nitrogens with one attached hydrogen (secondary N) is 1. The van der Waals surface area contributed by atoms with E-state index in [4.69, 9.17) is 15.9 Å². The number of benzene rings is 1. The second kappa shape index (κ2) is 8.86. The van der Waals surface area contributed by atoms with E-state index >= 15 is 0 Å². The molecule has 0 aromatic heterocycles. The fourth-order valence-corrected chi connectivity index (χ4v) is 3.00. The van der Waals surface area contributed by atoms with Crippen LogP contribution < -0.4 is 5.32 Å². The summed E-state index contributed by atoms with van der Waals surface area (Å²) < 4.78 is 10.3. The first kappa shape index (κ1) is 20.0. The Balaban J connectivity index is 2.73. The van der Waals surface area contributed by atoms with Crippen LogP contribution >= 0.6 is 0 Å². The van der Waals surface area contributed by atoms with Gasteiger partial charge in [0.2, 0.25) is 0 Å². The molecule has 0 spiro atoms. The zero-order valence-electron chi connectivity index (χ0n) is 15.5. The van der Waals surface area contributed by atoms with Gasteiger partial charge in [-0.1, -0.05) is 18.1 Å². The molecule has 1 atom stereocenters. The highest BCUT2D eigenvalue weighted by Gasteiger charge is 2.38. The van der Waals surface area contributed by atoms with Crippen LogP contribution in [0.4, 0.5) is 0 Å². The highest BCUT2D eigenvalue weighted by Crippen LogP contribution is 2.39. The summed E-state index contributed by atoms with van der Waals surface area (Å²) in [6.07, 6.45) is 6.02. The predicted molar refractivity (Wildman–Crippen MR) is 99.3 cm³/mol. The summed E-state index contributed by atoms with van der Waals surface area (Å²) in [5, 5.41) is 2.82. The molecule has 0 saturated heterocycles. The fraction of sp³-hybridized carbons (Fsp3) is 0.286. The first-order valence-electron chi connectivity index (χ1n) is 8.56. The molecule has 0 saturated carbocycles.